The minimum absolute atomic E-state index is 1.06. The number of fused-ring (bicyclic) bond motifs is 11. The molecule has 0 saturated carbocycles. The fraction of sp³-hybridized carbons (Fsp3) is 0. The van der Waals surface area contributed by atoms with E-state index in [2.05, 4.69) is 175 Å². The minimum Gasteiger partial charge on any atom is -0.310 e. The summed E-state index contributed by atoms with van der Waals surface area (Å²) in [5.74, 6) is 0. The zero-order chi connectivity index (χ0) is 36.0. The maximum atomic E-state index is 5.05. The van der Waals surface area contributed by atoms with Crippen molar-refractivity contribution in [3.8, 4) is 21.7 Å². The molecule has 0 radical (unpaired) electrons. The van der Waals surface area contributed by atoms with Crippen LogP contribution in [-0.4, -0.2) is 4.98 Å². The molecule has 0 aliphatic rings. The fourth-order valence-electron chi connectivity index (χ4n) is 8.14. The molecule has 0 N–H and O–H groups in total. The maximum Gasteiger partial charge on any atom is 0.124 e. The monoisotopic (exact) mass is 772 g/mol. The summed E-state index contributed by atoms with van der Waals surface area (Å²) in [6.07, 6.45) is 0. The number of benzene rings is 8. The van der Waals surface area contributed by atoms with Gasteiger partial charge in [0.05, 0.1) is 10.2 Å². The third-order valence-electron chi connectivity index (χ3n) is 10.7. The molecule has 12 rings (SSSR count). The van der Waals surface area contributed by atoms with E-state index in [9.17, 15) is 0 Å². The normalized spacial score (nSPS) is 12.0. The maximum absolute atomic E-state index is 5.05. The Morgan fingerprint density at radius 3 is 1.64 bits per heavy atom. The Bertz CT molecular complexity index is 3330. The van der Waals surface area contributed by atoms with E-state index in [-0.39, 0.29) is 0 Å². The first-order chi connectivity index (χ1) is 27.2. The second-order valence-corrected chi connectivity index (χ2v) is 18.1. The lowest BCUT2D eigenvalue weighted by Gasteiger charge is -2.26. The first-order valence-electron chi connectivity index (χ1n) is 18.3. The van der Waals surface area contributed by atoms with E-state index < -0.39 is 0 Å². The lowest BCUT2D eigenvalue weighted by Crippen LogP contribution is -2.09. The van der Waals surface area contributed by atoms with E-state index in [1.54, 1.807) is 11.3 Å². The Hall–Kier alpha value is -5.89. The quantitative estimate of drug-likeness (QED) is 0.173. The largest absolute Gasteiger partial charge is 0.310 e. The van der Waals surface area contributed by atoms with Gasteiger partial charge in [-0.05, 0) is 83.9 Å². The van der Waals surface area contributed by atoms with Crippen LogP contribution < -0.4 is 4.90 Å². The zero-order valence-electron chi connectivity index (χ0n) is 29.2. The Morgan fingerprint density at radius 1 is 0.364 bits per heavy atom. The average molecular weight is 773 g/mol. The molecule has 258 valence electrons. The SMILES string of the molecule is c1ccc(-c2nc3ccc4sc5c(-c6ccc(N(c7ccc8sc9ccccc9c8c7)c7ccc8sc9ccccc9c8c7)cc6)cccc5c4c3s2)cc1. The Balaban J connectivity index is 1.00. The van der Waals surface area contributed by atoms with Gasteiger partial charge in [-0.1, -0.05) is 97.1 Å². The Labute approximate surface area is 332 Å². The second kappa shape index (κ2) is 12.3. The Kier molecular flexibility index (Phi) is 7.04. The predicted molar refractivity (Wildman–Crippen MR) is 244 cm³/mol. The van der Waals surface area contributed by atoms with Crippen LogP contribution in [0.3, 0.4) is 0 Å². The number of rotatable bonds is 5. The summed E-state index contributed by atoms with van der Waals surface area (Å²) in [5, 5.41) is 8.88. The summed E-state index contributed by atoms with van der Waals surface area (Å²) in [5.41, 5.74) is 8.13. The molecule has 0 amide bonds. The molecule has 0 fully saturated rings. The van der Waals surface area contributed by atoms with Crippen LogP contribution in [0, 0.1) is 0 Å². The van der Waals surface area contributed by atoms with Crippen molar-refractivity contribution in [2.24, 2.45) is 0 Å². The molecule has 0 bridgehead atoms. The molecule has 8 aromatic carbocycles. The van der Waals surface area contributed by atoms with Crippen LogP contribution in [0.15, 0.2) is 170 Å². The minimum atomic E-state index is 1.06. The number of hydrogen-bond acceptors (Lipinski definition) is 6. The lowest BCUT2D eigenvalue weighted by atomic mass is 10.0. The van der Waals surface area contributed by atoms with Crippen molar-refractivity contribution in [1.29, 1.82) is 0 Å². The topological polar surface area (TPSA) is 16.1 Å². The Morgan fingerprint density at radius 2 is 0.945 bits per heavy atom. The van der Waals surface area contributed by atoms with Gasteiger partial charge in [0, 0.05) is 83.1 Å². The molecule has 2 nitrogen and oxygen atoms in total. The standard InChI is InChI=1S/C49H28N2S4/c1-2-9-30(10-3-1)49-50-40-23-26-45-46(48(40)55-49)37-14-8-13-34(47(37)54-45)29-17-19-31(20-18-29)51(32-21-24-43-38(27-32)35-11-4-6-15-41(35)52-43)33-22-25-44-39(28-33)36-12-5-7-16-42(36)53-44/h1-28H. The van der Waals surface area contributed by atoms with Gasteiger partial charge in [0.15, 0.2) is 0 Å². The number of thiazole rings is 1. The van der Waals surface area contributed by atoms with Crippen molar-refractivity contribution >= 4 is 133 Å². The molecule has 0 spiro atoms. The fourth-order valence-corrected chi connectivity index (χ4v) is 12.8. The number of anilines is 3. The third kappa shape index (κ3) is 4.99. The van der Waals surface area contributed by atoms with E-state index in [1.807, 2.05) is 34.0 Å². The molecule has 0 saturated heterocycles. The molecule has 0 aliphatic carbocycles. The van der Waals surface area contributed by atoms with Gasteiger partial charge in [-0.2, -0.15) is 0 Å². The van der Waals surface area contributed by atoms with E-state index in [1.165, 1.54) is 81.9 Å². The zero-order valence-corrected chi connectivity index (χ0v) is 32.5. The highest BCUT2D eigenvalue weighted by Crippen LogP contribution is 2.47. The summed E-state index contributed by atoms with van der Waals surface area (Å²) in [4.78, 5) is 7.48. The highest BCUT2D eigenvalue weighted by molar-refractivity contribution is 7.28. The second-order valence-electron chi connectivity index (χ2n) is 13.9. The van der Waals surface area contributed by atoms with Crippen LogP contribution >= 0.6 is 45.3 Å². The van der Waals surface area contributed by atoms with Crippen molar-refractivity contribution in [2.45, 2.75) is 0 Å². The molecule has 6 heteroatoms. The van der Waals surface area contributed by atoms with E-state index >= 15 is 0 Å². The highest BCUT2D eigenvalue weighted by atomic mass is 32.1. The molecule has 4 heterocycles. The summed E-state index contributed by atoms with van der Waals surface area (Å²) < 4.78 is 9.13. The molecular weight excluding hydrogens is 745 g/mol. The first-order valence-corrected chi connectivity index (χ1v) is 21.5. The van der Waals surface area contributed by atoms with Crippen molar-refractivity contribution in [3.05, 3.63) is 170 Å². The van der Waals surface area contributed by atoms with Gasteiger partial charge in [-0.15, -0.1) is 45.3 Å². The van der Waals surface area contributed by atoms with Crippen molar-refractivity contribution in [1.82, 2.24) is 4.98 Å². The number of thiophene rings is 3. The summed E-state index contributed by atoms with van der Waals surface area (Å²) in [7, 11) is 0. The van der Waals surface area contributed by atoms with E-state index in [4.69, 9.17) is 4.98 Å². The summed E-state index contributed by atoms with van der Waals surface area (Å²) in [6, 6.07) is 62.3. The summed E-state index contributed by atoms with van der Waals surface area (Å²) in [6.45, 7) is 0. The van der Waals surface area contributed by atoms with Gasteiger partial charge in [0.25, 0.3) is 0 Å². The van der Waals surface area contributed by atoms with Gasteiger partial charge in [-0.25, -0.2) is 4.98 Å². The van der Waals surface area contributed by atoms with Gasteiger partial charge in [-0.3, -0.25) is 0 Å². The van der Waals surface area contributed by atoms with E-state index in [0.717, 1.165) is 27.6 Å². The van der Waals surface area contributed by atoms with Crippen LogP contribution in [0.2, 0.25) is 0 Å². The van der Waals surface area contributed by atoms with Crippen molar-refractivity contribution in [2.75, 3.05) is 4.90 Å². The number of hydrogen-bond donors (Lipinski definition) is 0. The van der Waals surface area contributed by atoms with Gasteiger partial charge in [0.2, 0.25) is 0 Å². The highest BCUT2D eigenvalue weighted by Gasteiger charge is 2.19. The number of aromatic nitrogens is 1. The van der Waals surface area contributed by atoms with Crippen molar-refractivity contribution < 1.29 is 0 Å². The van der Waals surface area contributed by atoms with Gasteiger partial charge < -0.3 is 4.90 Å². The van der Waals surface area contributed by atoms with Crippen LogP contribution in [0.1, 0.15) is 0 Å². The lowest BCUT2D eigenvalue weighted by molar-refractivity contribution is 1.30. The number of nitrogens with zero attached hydrogens (tertiary/aromatic N) is 2. The molecule has 55 heavy (non-hydrogen) atoms. The molecule has 0 aliphatic heterocycles. The van der Waals surface area contributed by atoms with Gasteiger partial charge in [0.1, 0.15) is 5.01 Å². The van der Waals surface area contributed by atoms with Crippen LogP contribution in [-0.2, 0) is 0 Å². The van der Waals surface area contributed by atoms with Gasteiger partial charge >= 0.3 is 0 Å². The summed E-state index contributed by atoms with van der Waals surface area (Å²) >= 11 is 7.40. The van der Waals surface area contributed by atoms with Crippen LogP contribution in [0.5, 0.6) is 0 Å². The molecule has 12 aromatic rings. The average Bonchev–Trinajstić information content (AvgIpc) is 4.02. The van der Waals surface area contributed by atoms with Crippen molar-refractivity contribution in [3.63, 3.8) is 0 Å². The molecule has 4 aromatic heterocycles. The van der Waals surface area contributed by atoms with Crippen LogP contribution in [0.25, 0.3) is 92.4 Å². The first kappa shape index (κ1) is 31.5. The van der Waals surface area contributed by atoms with E-state index in [0.29, 0.717) is 0 Å². The predicted octanol–water partition coefficient (Wildman–Crippen LogP) is 16.2. The smallest absolute Gasteiger partial charge is 0.124 e. The molecule has 0 unspecified atom stereocenters. The molecule has 0 atom stereocenters. The third-order valence-corrected chi connectivity index (χ3v) is 15.4. The molecular formula is C49H28N2S4. The van der Waals surface area contributed by atoms with Crippen LogP contribution in [0.4, 0.5) is 17.1 Å².